The van der Waals surface area contributed by atoms with Crippen LogP contribution in [0.3, 0.4) is 0 Å². The lowest BCUT2D eigenvalue weighted by molar-refractivity contribution is 0.132. The molecule has 5 rings (SSSR count). The molecular formula is C30H31Cl2N5O4. The number of hydrogen-bond acceptors (Lipinski definition) is 8. The number of halogens is 2. The van der Waals surface area contributed by atoms with Crippen molar-refractivity contribution in [2.24, 2.45) is 0 Å². The molecule has 1 saturated heterocycles. The average molecular weight is 597 g/mol. The number of methoxy groups -OCH3 is 2. The third-order valence-corrected chi connectivity index (χ3v) is 7.90. The maximum Gasteiger partial charge on any atom is 0.417 e. The first-order chi connectivity index (χ1) is 19.9. The molecule has 0 aliphatic carbocycles. The van der Waals surface area contributed by atoms with Crippen LogP contribution in [0.1, 0.15) is 12.5 Å². The first-order valence-electron chi connectivity index (χ1n) is 13.3. The van der Waals surface area contributed by atoms with Crippen molar-refractivity contribution in [1.29, 1.82) is 0 Å². The lowest BCUT2D eigenvalue weighted by Crippen LogP contribution is -2.45. The van der Waals surface area contributed by atoms with E-state index in [4.69, 9.17) is 37.4 Å². The summed E-state index contributed by atoms with van der Waals surface area (Å²) in [5.74, 6) is 1.02. The van der Waals surface area contributed by atoms with Crippen molar-refractivity contribution in [3.63, 3.8) is 0 Å². The smallest absolute Gasteiger partial charge is 0.417 e. The summed E-state index contributed by atoms with van der Waals surface area (Å²) < 4.78 is 16.5. The molecule has 1 N–H and O–H groups in total. The van der Waals surface area contributed by atoms with Gasteiger partial charge >= 0.3 is 6.09 Å². The molecule has 41 heavy (non-hydrogen) atoms. The summed E-state index contributed by atoms with van der Waals surface area (Å²) in [5, 5.41) is 3.38. The molecule has 11 heteroatoms. The largest absolute Gasteiger partial charge is 0.495 e. The zero-order chi connectivity index (χ0) is 28.9. The minimum absolute atomic E-state index is 0.235. The van der Waals surface area contributed by atoms with E-state index in [1.807, 2.05) is 24.3 Å². The predicted molar refractivity (Wildman–Crippen MR) is 162 cm³/mol. The SMILES string of the molecule is CCN1CCN(Cc2ccc(NC(=O)Oc3ccc(-c4c(Cl)c(OC)cc(OC)c4Cl)c4nccnc34)cc2)CC1. The molecule has 1 aliphatic rings. The van der Waals surface area contributed by atoms with Gasteiger partial charge in [0.25, 0.3) is 0 Å². The van der Waals surface area contributed by atoms with Crippen LogP contribution >= 0.6 is 23.2 Å². The summed E-state index contributed by atoms with van der Waals surface area (Å²) >= 11 is 13.3. The van der Waals surface area contributed by atoms with E-state index in [9.17, 15) is 4.79 Å². The van der Waals surface area contributed by atoms with Gasteiger partial charge in [-0.2, -0.15) is 0 Å². The topological polar surface area (TPSA) is 89.1 Å². The highest BCUT2D eigenvalue weighted by atomic mass is 35.5. The van der Waals surface area contributed by atoms with E-state index >= 15 is 0 Å². The van der Waals surface area contributed by atoms with Gasteiger partial charge in [-0.15, -0.1) is 0 Å². The van der Waals surface area contributed by atoms with Gasteiger partial charge in [0, 0.05) is 68.0 Å². The van der Waals surface area contributed by atoms with Gasteiger partial charge in [0.05, 0.1) is 24.3 Å². The quantitative estimate of drug-likeness (QED) is 0.251. The van der Waals surface area contributed by atoms with Gasteiger partial charge in [-0.3, -0.25) is 15.2 Å². The molecule has 1 fully saturated rings. The number of ether oxygens (including phenoxy) is 3. The van der Waals surface area contributed by atoms with Crippen molar-refractivity contribution >= 4 is 46.0 Å². The van der Waals surface area contributed by atoms with Crippen molar-refractivity contribution in [3.05, 3.63) is 70.5 Å². The van der Waals surface area contributed by atoms with E-state index < -0.39 is 6.09 Å². The van der Waals surface area contributed by atoms with Crippen LogP contribution < -0.4 is 19.5 Å². The number of nitrogens with one attached hydrogen (secondary N) is 1. The van der Waals surface area contributed by atoms with E-state index in [0.717, 1.165) is 39.3 Å². The number of fused-ring (bicyclic) bond motifs is 1. The number of amides is 1. The van der Waals surface area contributed by atoms with Gasteiger partial charge in [0.15, 0.2) is 5.75 Å². The van der Waals surface area contributed by atoms with Gasteiger partial charge in [0.2, 0.25) is 0 Å². The highest BCUT2D eigenvalue weighted by Gasteiger charge is 2.23. The van der Waals surface area contributed by atoms with E-state index in [1.165, 1.54) is 26.0 Å². The second-order valence-electron chi connectivity index (χ2n) is 9.57. The molecule has 0 unspecified atom stereocenters. The first kappa shape index (κ1) is 28.9. The standard InChI is InChI=1S/C30H31Cl2N5O4/c1-4-36-13-15-37(16-14-36)18-19-5-7-20(8-6-19)35-30(38)41-22-10-9-21(28-29(22)34-12-11-33-28)25-26(31)23(39-2)17-24(40-3)27(25)32/h5-12,17H,4,13-16,18H2,1-3H3,(H,35,38). The first-order valence-corrected chi connectivity index (χ1v) is 14.0. The molecule has 0 spiro atoms. The molecule has 0 saturated carbocycles. The number of carbonyl (C=O) groups excluding carboxylic acids is 1. The normalized spacial score (nSPS) is 14.2. The van der Waals surface area contributed by atoms with Gasteiger partial charge in [-0.05, 0) is 36.4 Å². The van der Waals surface area contributed by atoms with Crippen molar-refractivity contribution in [2.45, 2.75) is 13.5 Å². The molecule has 214 valence electrons. The molecule has 4 aromatic rings. The Kier molecular flexibility index (Phi) is 9.09. The molecule has 1 aliphatic heterocycles. The number of piperazine rings is 1. The number of nitrogens with zero attached hydrogens (tertiary/aromatic N) is 4. The third kappa shape index (κ3) is 6.33. The summed E-state index contributed by atoms with van der Waals surface area (Å²) in [4.78, 5) is 26.7. The molecule has 9 nitrogen and oxygen atoms in total. The Balaban J connectivity index is 1.33. The lowest BCUT2D eigenvalue weighted by atomic mass is 10.0. The van der Waals surface area contributed by atoms with Gasteiger partial charge < -0.3 is 19.1 Å². The van der Waals surface area contributed by atoms with Crippen LogP contribution in [0.5, 0.6) is 17.2 Å². The molecular weight excluding hydrogens is 565 g/mol. The van der Waals surface area contributed by atoms with E-state index in [0.29, 0.717) is 49.4 Å². The van der Waals surface area contributed by atoms with Crippen molar-refractivity contribution in [2.75, 3.05) is 52.3 Å². The van der Waals surface area contributed by atoms with Crippen LogP contribution in [0.15, 0.2) is 54.9 Å². The second kappa shape index (κ2) is 12.9. The number of likely N-dealkylation sites (N-methyl/N-ethyl adjacent to an activating group) is 1. The molecule has 0 radical (unpaired) electrons. The summed E-state index contributed by atoms with van der Waals surface area (Å²) in [6.07, 6.45) is 2.42. The van der Waals surface area contributed by atoms with E-state index in [2.05, 4.69) is 32.0 Å². The Morgan fingerprint density at radius 3 is 2.07 bits per heavy atom. The molecule has 0 bridgehead atoms. The number of carbonyl (C=O) groups is 1. The van der Waals surface area contributed by atoms with Crippen LogP contribution in [-0.4, -0.2) is 72.8 Å². The van der Waals surface area contributed by atoms with Crippen LogP contribution in [-0.2, 0) is 6.54 Å². The monoisotopic (exact) mass is 595 g/mol. The van der Waals surface area contributed by atoms with Gasteiger partial charge in [0.1, 0.15) is 22.5 Å². The van der Waals surface area contributed by atoms with Crippen LogP contribution in [0, 0.1) is 0 Å². The van der Waals surface area contributed by atoms with Crippen molar-refractivity contribution in [1.82, 2.24) is 19.8 Å². The number of benzene rings is 3. The maximum absolute atomic E-state index is 12.8. The van der Waals surface area contributed by atoms with Gasteiger partial charge in [-0.25, -0.2) is 9.78 Å². The summed E-state index contributed by atoms with van der Waals surface area (Å²) in [7, 11) is 3.02. The summed E-state index contributed by atoms with van der Waals surface area (Å²) in [5.41, 5.74) is 3.69. The molecule has 1 amide bonds. The number of hydrogen-bond donors (Lipinski definition) is 1. The third-order valence-electron chi connectivity index (χ3n) is 7.15. The van der Waals surface area contributed by atoms with Crippen LogP contribution in [0.25, 0.3) is 22.2 Å². The second-order valence-corrected chi connectivity index (χ2v) is 10.3. The van der Waals surface area contributed by atoms with Crippen molar-refractivity contribution in [3.8, 4) is 28.4 Å². The Labute approximate surface area is 248 Å². The number of anilines is 1. The maximum atomic E-state index is 12.8. The Hall–Kier alpha value is -3.63. The fourth-order valence-corrected chi connectivity index (χ4v) is 5.60. The zero-order valence-electron chi connectivity index (χ0n) is 23.1. The fourth-order valence-electron chi connectivity index (χ4n) is 4.90. The minimum atomic E-state index is -0.646. The molecule has 2 heterocycles. The highest BCUT2D eigenvalue weighted by Crippen LogP contribution is 2.47. The van der Waals surface area contributed by atoms with E-state index in [-0.39, 0.29) is 5.75 Å². The number of aromatic nitrogens is 2. The van der Waals surface area contributed by atoms with E-state index in [1.54, 1.807) is 24.4 Å². The fraction of sp³-hybridized carbons (Fsp3) is 0.300. The minimum Gasteiger partial charge on any atom is -0.495 e. The van der Waals surface area contributed by atoms with Crippen LogP contribution in [0.2, 0.25) is 10.0 Å². The predicted octanol–water partition coefficient (Wildman–Crippen LogP) is 6.37. The Morgan fingerprint density at radius 2 is 1.46 bits per heavy atom. The average Bonchev–Trinajstić information content (AvgIpc) is 2.99. The molecule has 1 aromatic heterocycles. The lowest BCUT2D eigenvalue weighted by Gasteiger charge is -2.34. The Bertz CT molecular complexity index is 1510. The number of rotatable bonds is 8. The highest BCUT2D eigenvalue weighted by molar-refractivity contribution is 6.41. The Morgan fingerprint density at radius 1 is 0.854 bits per heavy atom. The van der Waals surface area contributed by atoms with Crippen LogP contribution in [0.4, 0.5) is 10.5 Å². The molecule has 0 atom stereocenters. The van der Waals surface area contributed by atoms with Gasteiger partial charge in [-0.1, -0.05) is 42.3 Å². The molecule has 3 aromatic carbocycles. The summed E-state index contributed by atoms with van der Waals surface area (Å²) in [6.45, 7) is 8.47. The zero-order valence-corrected chi connectivity index (χ0v) is 24.6. The summed E-state index contributed by atoms with van der Waals surface area (Å²) in [6, 6.07) is 12.8. The van der Waals surface area contributed by atoms with Crippen molar-refractivity contribution < 1.29 is 19.0 Å².